The molecular weight excluding hydrogens is 516 g/mol. The van der Waals surface area contributed by atoms with Crippen LogP contribution >= 0.6 is 11.3 Å². The fourth-order valence-electron chi connectivity index (χ4n) is 5.10. The van der Waals surface area contributed by atoms with E-state index in [4.69, 9.17) is 10.5 Å². The van der Waals surface area contributed by atoms with E-state index in [1.807, 2.05) is 23.9 Å². The third kappa shape index (κ3) is 5.45. The maximum Gasteiger partial charge on any atom is 0.253 e. The van der Waals surface area contributed by atoms with Crippen LogP contribution in [0.2, 0.25) is 0 Å². The highest BCUT2D eigenvalue weighted by Gasteiger charge is 2.31. The molecule has 0 atom stereocenters. The number of carbonyl (C=O) groups excluding carboxylic acids is 2. The molecule has 1 fully saturated rings. The van der Waals surface area contributed by atoms with Gasteiger partial charge in [0, 0.05) is 48.6 Å². The molecule has 206 valence electrons. The zero-order chi connectivity index (χ0) is 27.7. The maximum atomic E-state index is 12.9. The van der Waals surface area contributed by atoms with Crippen LogP contribution in [0.5, 0.6) is 0 Å². The van der Waals surface area contributed by atoms with Crippen LogP contribution in [0, 0.1) is 6.92 Å². The first kappa shape index (κ1) is 27.0. The lowest BCUT2D eigenvalue weighted by Gasteiger charge is -2.31. The van der Waals surface area contributed by atoms with Crippen molar-refractivity contribution in [3.05, 3.63) is 42.1 Å². The number of pyridine rings is 1. The number of nitrogens with zero attached hydrogens (tertiary/aromatic N) is 6. The lowest BCUT2D eigenvalue weighted by molar-refractivity contribution is -0.116. The van der Waals surface area contributed by atoms with E-state index in [9.17, 15) is 9.59 Å². The number of nitrogens with two attached hydrogens (primary N) is 1. The van der Waals surface area contributed by atoms with Crippen molar-refractivity contribution < 1.29 is 14.3 Å². The van der Waals surface area contributed by atoms with Gasteiger partial charge in [-0.05, 0) is 46.2 Å². The largest absolute Gasteiger partial charge is 0.383 e. The number of hydrogen-bond acceptors (Lipinski definition) is 8. The topological polar surface area (TPSA) is 133 Å². The molecule has 4 aromatic rings. The normalized spacial score (nSPS) is 15.3. The molecule has 0 bridgehead atoms. The summed E-state index contributed by atoms with van der Waals surface area (Å²) in [5.41, 5.74) is 9.90. The standard InChI is InChI=1S/C27H34N8O3S/c1-17-20(12-19(14-29-17)32-22(36)6-9-33-8-5-7-27(33,2)3)23-24(18-13-30-34(16-18)10-11-38-4)39-26-21(25(28)37)15-31-35(23)26/h12-16H,5-11H2,1-4H3,(H2,28,37)(H,32,36). The van der Waals surface area contributed by atoms with Crippen LogP contribution in [0.15, 0.2) is 30.9 Å². The van der Waals surface area contributed by atoms with Crippen LogP contribution in [-0.4, -0.2) is 73.4 Å². The molecule has 0 unspecified atom stereocenters. The molecule has 3 N–H and O–H groups in total. The number of hydrogen-bond donors (Lipinski definition) is 2. The van der Waals surface area contributed by atoms with E-state index in [-0.39, 0.29) is 11.4 Å². The summed E-state index contributed by atoms with van der Waals surface area (Å²) in [6.45, 7) is 9.25. The number of amides is 2. The Morgan fingerprint density at radius 2 is 2.03 bits per heavy atom. The molecule has 5 heterocycles. The Bertz CT molecular complexity index is 1520. The molecular formula is C27H34N8O3S. The van der Waals surface area contributed by atoms with Crippen LogP contribution < -0.4 is 11.1 Å². The highest BCUT2D eigenvalue weighted by molar-refractivity contribution is 7.21. The maximum absolute atomic E-state index is 12.9. The van der Waals surface area contributed by atoms with Gasteiger partial charge in [0.2, 0.25) is 5.91 Å². The Kier molecular flexibility index (Phi) is 7.52. The number of rotatable bonds is 10. The first-order chi connectivity index (χ1) is 18.7. The highest BCUT2D eigenvalue weighted by atomic mass is 32.1. The van der Waals surface area contributed by atoms with E-state index in [0.29, 0.717) is 35.7 Å². The second-order valence-corrected chi connectivity index (χ2v) is 11.5. The molecule has 12 heteroatoms. The summed E-state index contributed by atoms with van der Waals surface area (Å²) in [6.07, 6.45) is 9.58. The second-order valence-electron chi connectivity index (χ2n) is 10.5. The van der Waals surface area contributed by atoms with Crippen molar-refractivity contribution in [2.45, 2.75) is 52.1 Å². The van der Waals surface area contributed by atoms with Crippen molar-refractivity contribution in [3.8, 4) is 21.7 Å². The van der Waals surface area contributed by atoms with Crippen molar-refractivity contribution in [1.29, 1.82) is 0 Å². The lowest BCUT2D eigenvalue weighted by atomic mass is 10.0. The van der Waals surface area contributed by atoms with E-state index >= 15 is 0 Å². The average Bonchev–Trinajstić information content (AvgIpc) is 3.65. The zero-order valence-electron chi connectivity index (χ0n) is 22.7. The number of likely N-dealkylation sites (tertiary alicyclic amines) is 1. The Morgan fingerprint density at radius 3 is 2.74 bits per heavy atom. The lowest BCUT2D eigenvalue weighted by Crippen LogP contribution is -2.39. The number of ether oxygens (including phenoxy) is 1. The van der Waals surface area contributed by atoms with Gasteiger partial charge in [0.1, 0.15) is 4.83 Å². The molecule has 1 saturated heterocycles. The minimum atomic E-state index is -0.544. The smallest absolute Gasteiger partial charge is 0.253 e. The highest BCUT2D eigenvalue weighted by Crippen LogP contribution is 2.41. The molecule has 4 aromatic heterocycles. The van der Waals surface area contributed by atoms with Gasteiger partial charge in [-0.1, -0.05) is 0 Å². The van der Waals surface area contributed by atoms with E-state index in [1.54, 1.807) is 24.0 Å². The fourth-order valence-corrected chi connectivity index (χ4v) is 6.30. The molecule has 0 aromatic carbocycles. The number of fused-ring (bicyclic) bond motifs is 1. The predicted molar refractivity (Wildman–Crippen MR) is 151 cm³/mol. The summed E-state index contributed by atoms with van der Waals surface area (Å²) in [4.78, 5) is 33.5. The number of methoxy groups -OCH3 is 1. The molecule has 1 aliphatic rings. The van der Waals surface area contributed by atoms with E-state index in [0.717, 1.165) is 53.3 Å². The van der Waals surface area contributed by atoms with Gasteiger partial charge in [0.15, 0.2) is 0 Å². The van der Waals surface area contributed by atoms with Crippen LogP contribution in [0.1, 0.15) is 49.2 Å². The summed E-state index contributed by atoms with van der Waals surface area (Å²) in [6, 6.07) is 1.91. The van der Waals surface area contributed by atoms with Gasteiger partial charge in [-0.2, -0.15) is 10.2 Å². The third-order valence-corrected chi connectivity index (χ3v) is 8.56. The first-order valence-electron chi connectivity index (χ1n) is 13.0. The van der Waals surface area contributed by atoms with Crippen LogP contribution in [0.4, 0.5) is 5.69 Å². The van der Waals surface area contributed by atoms with Gasteiger partial charge in [-0.25, -0.2) is 4.52 Å². The number of primary amides is 1. The summed E-state index contributed by atoms with van der Waals surface area (Å²) in [5.74, 6) is -0.600. The van der Waals surface area contributed by atoms with Crippen molar-refractivity contribution >= 4 is 33.7 Å². The summed E-state index contributed by atoms with van der Waals surface area (Å²) in [7, 11) is 1.65. The Hall–Kier alpha value is -3.61. The van der Waals surface area contributed by atoms with Crippen molar-refractivity contribution in [2.24, 2.45) is 5.73 Å². The summed E-state index contributed by atoms with van der Waals surface area (Å²) < 4.78 is 8.71. The predicted octanol–water partition coefficient (Wildman–Crippen LogP) is 3.58. The average molecular weight is 551 g/mol. The van der Waals surface area contributed by atoms with Crippen molar-refractivity contribution in [3.63, 3.8) is 0 Å². The van der Waals surface area contributed by atoms with Gasteiger partial charge in [0.05, 0.1) is 53.6 Å². The molecule has 0 aliphatic carbocycles. The van der Waals surface area contributed by atoms with Crippen molar-refractivity contribution in [2.75, 3.05) is 32.1 Å². The molecule has 0 saturated carbocycles. The van der Waals surface area contributed by atoms with Crippen LogP contribution in [0.25, 0.3) is 26.5 Å². The Balaban J connectivity index is 1.48. The molecule has 5 rings (SSSR count). The number of aryl methyl sites for hydroxylation is 1. The van der Waals surface area contributed by atoms with E-state index in [1.165, 1.54) is 17.5 Å². The number of thiazole rings is 1. The number of carbonyl (C=O) groups is 2. The van der Waals surface area contributed by atoms with Crippen molar-refractivity contribution in [1.82, 2.24) is 29.3 Å². The van der Waals surface area contributed by atoms with Gasteiger partial charge in [-0.3, -0.25) is 24.2 Å². The zero-order valence-corrected chi connectivity index (χ0v) is 23.5. The quantitative estimate of drug-likeness (QED) is 0.308. The molecule has 0 radical (unpaired) electrons. The van der Waals surface area contributed by atoms with E-state index in [2.05, 4.69) is 39.2 Å². The fraction of sp³-hybridized carbons (Fsp3) is 0.444. The van der Waals surface area contributed by atoms with Gasteiger partial charge >= 0.3 is 0 Å². The van der Waals surface area contributed by atoms with Gasteiger partial charge < -0.3 is 15.8 Å². The van der Waals surface area contributed by atoms with Crippen LogP contribution in [0.3, 0.4) is 0 Å². The van der Waals surface area contributed by atoms with Gasteiger partial charge in [0.25, 0.3) is 5.91 Å². The van der Waals surface area contributed by atoms with Gasteiger partial charge in [-0.15, -0.1) is 11.3 Å². The first-order valence-corrected chi connectivity index (χ1v) is 13.8. The molecule has 39 heavy (non-hydrogen) atoms. The SMILES string of the molecule is COCCn1cc(-c2sc3c(C(N)=O)cnn3c2-c2cc(NC(=O)CCN3CCCC3(C)C)cnc2C)cn1. The van der Waals surface area contributed by atoms with Crippen LogP contribution in [-0.2, 0) is 16.1 Å². The summed E-state index contributed by atoms with van der Waals surface area (Å²) in [5, 5.41) is 12.0. The second kappa shape index (κ2) is 10.9. The Labute approximate surface area is 231 Å². The molecule has 11 nitrogen and oxygen atoms in total. The molecule has 2 amide bonds. The number of anilines is 1. The third-order valence-electron chi connectivity index (χ3n) is 7.34. The monoisotopic (exact) mass is 550 g/mol. The number of nitrogens with one attached hydrogen (secondary N) is 1. The van der Waals surface area contributed by atoms with E-state index < -0.39 is 5.91 Å². The Morgan fingerprint density at radius 1 is 1.21 bits per heavy atom. The molecule has 0 spiro atoms. The minimum absolute atomic E-state index is 0.0560. The minimum Gasteiger partial charge on any atom is -0.383 e. The number of aromatic nitrogens is 5. The molecule has 1 aliphatic heterocycles. The summed E-state index contributed by atoms with van der Waals surface area (Å²) >= 11 is 1.42.